The number of aliphatic imine (C=N–C) groups is 1. The minimum absolute atomic E-state index is 0.0641. The number of nitrogens with one attached hydrogen (secondary N) is 2. The molecule has 1 aliphatic heterocycles. The highest BCUT2D eigenvalue weighted by atomic mass is 16.3. The van der Waals surface area contributed by atoms with E-state index in [1.807, 2.05) is 100 Å². The van der Waals surface area contributed by atoms with E-state index in [4.69, 9.17) is 4.99 Å². The summed E-state index contributed by atoms with van der Waals surface area (Å²) in [6, 6.07) is 23.9. The number of para-hydroxylation sites is 1. The van der Waals surface area contributed by atoms with Crippen LogP contribution in [0.1, 0.15) is 37.5 Å². The molecule has 0 radical (unpaired) electrons. The van der Waals surface area contributed by atoms with Crippen LogP contribution < -0.4 is 15.5 Å². The zero-order chi connectivity index (χ0) is 25.9. The van der Waals surface area contributed by atoms with Crippen molar-refractivity contribution in [3.8, 4) is 0 Å². The van der Waals surface area contributed by atoms with Crippen LogP contribution in [0.3, 0.4) is 0 Å². The molecule has 4 rings (SSSR count). The van der Waals surface area contributed by atoms with Gasteiger partial charge >= 0.3 is 6.03 Å². The highest BCUT2D eigenvalue weighted by Crippen LogP contribution is 2.30. The molecule has 0 unspecified atom stereocenters. The van der Waals surface area contributed by atoms with Gasteiger partial charge in [-0.25, -0.2) is 9.79 Å². The molecule has 7 heteroatoms. The SMILES string of the molecule is Cc1cccc(NC(=O)N[C@@H]2N=C(c3ccccc3)c3ccccc3N(C[C@H](O)C(C)(C)C)C2=O)c1. The lowest BCUT2D eigenvalue weighted by atomic mass is 9.88. The van der Waals surface area contributed by atoms with Gasteiger partial charge < -0.3 is 20.6 Å². The number of carbonyl (C=O) groups excluding carboxylic acids is 2. The highest BCUT2D eigenvalue weighted by Gasteiger charge is 2.36. The Morgan fingerprint density at radius 2 is 1.72 bits per heavy atom. The molecule has 3 aromatic carbocycles. The van der Waals surface area contributed by atoms with E-state index >= 15 is 0 Å². The molecular formula is C29H32N4O3. The molecule has 0 bridgehead atoms. The van der Waals surface area contributed by atoms with Gasteiger partial charge in [-0.1, -0.05) is 81.4 Å². The zero-order valence-corrected chi connectivity index (χ0v) is 21.0. The summed E-state index contributed by atoms with van der Waals surface area (Å²) in [7, 11) is 0. The number of rotatable bonds is 5. The van der Waals surface area contributed by atoms with Gasteiger partial charge in [0.15, 0.2) is 0 Å². The molecule has 0 spiro atoms. The molecule has 0 aromatic heterocycles. The molecular weight excluding hydrogens is 452 g/mol. The third-order valence-corrected chi connectivity index (χ3v) is 6.15. The number of urea groups is 1. The molecule has 3 amide bonds. The van der Waals surface area contributed by atoms with Gasteiger partial charge in [0, 0.05) is 16.8 Å². The van der Waals surface area contributed by atoms with Crippen LogP contribution in [-0.4, -0.2) is 41.6 Å². The maximum absolute atomic E-state index is 13.9. The Kier molecular flexibility index (Phi) is 7.22. The van der Waals surface area contributed by atoms with Crippen LogP contribution in [0.5, 0.6) is 0 Å². The van der Waals surface area contributed by atoms with Crippen molar-refractivity contribution in [3.63, 3.8) is 0 Å². The number of aliphatic hydroxyl groups is 1. The van der Waals surface area contributed by atoms with Gasteiger partial charge in [0.25, 0.3) is 5.91 Å². The van der Waals surface area contributed by atoms with E-state index in [2.05, 4.69) is 10.6 Å². The van der Waals surface area contributed by atoms with Crippen LogP contribution in [0.2, 0.25) is 0 Å². The van der Waals surface area contributed by atoms with Crippen molar-refractivity contribution in [1.82, 2.24) is 5.32 Å². The number of β-amino-alcohol motifs (C(OH)–C–C–N with tert-alkyl or cyclic N) is 1. The quantitative estimate of drug-likeness (QED) is 0.489. The number of hydrogen-bond acceptors (Lipinski definition) is 4. The van der Waals surface area contributed by atoms with E-state index < -0.39 is 29.6 Å². The number of anilines is 2. The molecule has 1 heterocycles. The molecule has 3 N–H and O–H groups in total. The number of hydrogen-bond donors (Lipinski definition) is 3. The van der Waals surface area contributed by atoms with E-state index in [9.17, 15) is 14.7 Å². The van der Waals surface area contributed by atoms with E-state index in [0.29, 0.717) is 17.1 Å². The van der Waals surface area contributed by atoms with Gasteiger partial charge in [0.05, 0.1) is 24.0 Å². The van der Waals surface area contributed by atoms with E-state index in [-0.39, 0.29) is 6.54 Å². The number of amides is 3. The maximum Gasteiger partial charge on any atom is 0.321 e. The average molecular weight is 485 g/mol. The van der Waals surface area contributed by atoms with Gasteiger partial charge in [-0.2, -0.15) is 0 Å². The summed E-state index contributed by atoms with van der Waals surface area (Å²) in [6.07, 6.45) is -1.99. The molecule has 0 saturated heterocycles. The Morgan fingerprint density at radius 3 is 2.42 bits per heavy atom. The molecule has 7 nitrogen and oxygen atoms in total. The van der Waals surface area contributed by atoms with Crippen molar-refractivity contribution < 1.29 is 14.7 Å². The molecule has 3 aromatic rings. The number of aliphatic hydroxyl groups excluding tert-OH is 1. The van der Waals surface area contributed by atoms with Gasteiger partial charge in [0.1, 0.15) is 0 Å². The molecule has 0 aliphatic carbocycles. The first-order valence-electron chi connectivity index (χ1n) is 12.0. The monoisotopic (exact) mass is 484 g/mol. The van der Waals surface area contributed by atoms with Crippen molar-refractivity contribution in [2.75, 3.05) is 16.8 Å². The zero-order valence-electron chi connectivity index (χ0n) is 21.0. The van der Waals surface area contributed by atoms with Gasteiger partial charge in [-0.05, 0) is 36.1 Å². The largest absolute Gasteiger partial charge is 0.391 e. The van der Waals surface area contributed by atoms with E-state index in [1.54, 1.807) is 6.07 Å². The summed E-state index contributed by atoms with van der Waals surface area (Å²) in [5.74, 6) is -0.420. The smallest absolute Gasteiger partial charge is 0.321 e. The molecule has 2 atom stereocenters. The minimum atomic E-state index is -1.19. The standard InChI is InChI=1S/C29H32N4O3/c1-19-11-10-14-21(17-19)30-28(36)32-26-27(35)33(18-24(34)29(2,3)4)23-16-9-8-15-22(23)25(31-26)20-12-6-5-7-13-20/h5-17,24,26,34H,18H2,1-4H3,(H2,30,32,36)/t24-,26-/m0/s1. The Labute approximate surface area is 211 Å². The van der Waals surface area contributed by atoms with Gasteiger partial charge in [0.2, 0.25) is 6.17 Å². The van der Waals surface area contributed by atoms with Gasteiger partial charge in [-0.15, -0.1) is 0 Å². The number of benzodiazepines with no additional fused rings is 1. The predicted molar refractivity (Wildman–Crippen MR) is 143 cm³/mol. The Hall–Kier alpha value is -3.97. The second kappa shape index (κ2) is 10.3. The fourth-order valence-corrected chi connectivity index (χ4v) is 4.00. The normalized spacial score (nSPS) is 16.5. The second-order valence-electron chi connectivity index (χ2n) is 10.1. The molecule has 1 aliphatic rings. The average Bonchev–Trinajstić information content (AvgIpc) is 2.94. The van der Waals surface area contributed by atoms with Crippen molar-refractivity contribution >= 4 is 29.0 Å². The summed E-state index contributed by atoms with van der Waals surface area (Å²) in [6.45, 7) is 7.76. The van der Waals surface area contributed by atoms with E-state index in [1.165, 1.54) is 4.90 Å². The second-order valence-corrected chi connectivity index (χ2v) is 10.1. The summed E-state index contributed by atoms with van der Waals surface area (Å²) in [5.41, 5.74) is 3.97. The van der Waals surface area contributed by atoms with Crippen LogP contribution >= 0.6 is 0 Å². The summed E-state index contributed by atoms with van der Waals surface area (Å²) in [4.78, 5) is 33.1. The third-order valence-electron chi connectivity index (χ3n) is 6.15. The number of carbonyl (C=O) groups is 2. The maximum atomic E-state index is 13.9. The highest BCUT2D eigenvalue weighted by molar-refractivity contribution is 6.20. The van der Waals surface area contributed by atoms with Crippen molar-refractivity contribution in [1.29, 1.82) is 0 Å². The number of benzene rings is 3. The fraction of sp³-hybridized carbons (Fsp3) is 0.276. The lowest BCUT2D eigenvalue weighted by Crippen LogP contribution is -2.51. The van der Waals surface area contributed by atoms with Gasteiger partial charge in [-0.3, -0.25) is 4.79 Å². The van der Waals surface area contributed by atoms with Crippen molar-refractivity contribution in [2.24, 2.45) is 10.4 Å². The number of fused-ring (bicyclic) bond motifs is 1. The topological polar surface area (TPSA) is 94.0 Å². The number of nitrogens with zero attached hydrogens (tertiary/aromatic N) is 2. The lowest BCUT2D eigenvalue weighted by molar-refractivity contribution is -0.120. The van der Waals surface area contributed by atoms with Crippen molar-refractivity contribution in [2.45, 2.75) is 40.0 Å². The first-order chi connectivity index (χ1) is 17.1. The van der Waals surface area contributed by atoms with Crippen LogP contribution in [0, 0.1) is 12.3 Å². The first kappa shape index (κ1) is 25.1. The minimum Gasteiger partial charge on any atom is -0.391 e. The summed E-state index contributed by atoms with van der Waals surface area (Å²) < 4.78 is 0. The molecule has 0 saturated carbocycles. The Morgan fingerprint density at radius 1 is 1.03 bits per heavy atom. The van der Waals surface area contributed by atoms with E-state index in [0.717, 1.165) is 16.7 Å². The van der Waals surface area contributed by atoms with Crippen LogP contribution in [0.15, 0.2) is 83.9 Å². The predicted octanol–water partition coefficient (Wildman–Crippen LogP) is 4.73. The fourth-order valence-electron chi connectivity index (χ4n) is 4.00. The Bertz CT molecular complexity index is 1280. The van der Waals surface area contributed by atoms with Crippen LogP contribution in [-0.2, 0) is 4.79 Å². The van der Waals surface area contributed by atoms with Crippen molar-refractivity contribution in [3.05, 3.63) is 95.6 Å². The lowest BCUT2D eigenvalue weighted by Gasteiger charge is -2.33. The molecule has 36 heavy (non-hydrogen) atoms. The summed E-state index contributed by atoms with van der Waals surface area (Å²) >= 11 is 0. The van der Waals surface area contributed by atoms with Crippen LogP contribution in [0.25, 0.3) is 0 Å². The molecule has 186 valence electrons. The first-order valence-corrected chi connectivity index (χ1v) is 12.0. The Balaban J connectivity index is 1.75. The third kappa shape index (κ3) is 5.63. The van der Waals surface area contributed by atoms with Crippen LogP contribution in [0.4, 0.5) is 16.2 Å². The number of aryl methyl sites for hydroxylation is 1. The summed E-state index contributed by atoms with van der Waals surface area (Å²) in [5, 5.41) is 16.4. The molecule has 0 fully saturated rings.